The summed E-state index contributed by atoms with van der Waals surface area (Å²) in [5, 5.41) is 0. The minimum atomic E-state index is -0.993. The molecular weight excluding hydrogens is 252 g/mol. The first-order chi connectivity index (χ1) is 9.04. The van der Waals surface area contributed by atoms with Crippen LogP contribution in [0.3, 0.4) is 0 Å². The topological polar surface area (TPSA) is 27.1 Å². The summed E-state index contributed by atoms with van der Waals surface area (Å²) < 4.78 is 7.70. The molecule has 0 fully saturated rings. The van der Waals surface area contributed by atoms with Gasteiger partial charge in [0.15, 0.2) is 0 Å². The molecule has 0 N–H and O–H groups in total. The zero-order valence-corrected chi connectivity index (χ0v) is 13.0. The van der Waals surface area contributed by atoms with Gasteiger partial charge in [0.25, 0.3) is 0 Å². The summed E-state index contributed by atoms with van der Waals surface area (Å²) in [4.78, 5) is 4.41. The molecule has 0 radical (unpaired) electrons. The Morgan fingerprint density at radius 1 is 1.16 bits per heavy atom. The molecule has 1 heterocycles. The number of imidazole rings is 1. The maximum absolute atomic E-state index is 5.70. The van der Waals surface area contributed by atoms with Gasteiger partial charge in [-0.25, -0.2) is 4.98 Å². The van der Waals surface area contributed by atoms with Crippen molar-refractivity contribution in [3.63, 3.8) is 0 Å². The molecule has 1 aromatic carbocycles. The van der Waals surface area contributed by atoms with E-state index in [1.54, 1.807) is 0 Å². The fourth-order valence-corrected chi connectivity index (χ4v) is 2.49. The Labute approximate surface area is 116 Å². The zero-order chi connectivity index (χ0) is 13.7. The van der Waals surface area contributed by atoms with Crippen molar-refractivity contribution in [3.05, 3.63) is 42.9 Å². The first-order valence-electron chi connectivity index (χ1n) is 6.69. The molecule has 1 aromatic heterocycles. The Kier molecular flexibility index (Phi) is 4.55. The second kappa shape index (κ2) is 6.17. The number of hydrogen-bond donors (Lipinski definition) is 0. The fourth-order valence-electron chi connectivity index (χ4n) is 1.74. The van der Waals surface area contributed by atoms with Gasteiger partial charge in [0, 0.05) is 26.4 Å². The smallest absolute Gasteiger partial charge is 0.123 e. The molecule has 3 nitrogen and oxygen atoms in total. The number of rotatable bonds is 6. The summed E-state index contributed by atoms with van der Waals surface area (Å²) in [7, 11) is -0.993. The molecular formula is C15H22N2OSi. The predicted octanol–water partition coefficient (Wildman–Crippen LogP) is 3.86. The molecule has 0 unspecified atom stereocenters. The van der Waals surface area contributed by atoms with Crippen LogP contribution in [0, 0.1) is 0 Å². The van der Waals surface area contributed by atoms with E-state index in [-0.39, 0.29) is 0 Å². The van der Waals surface area contributed by atoms with Gasteiger partial charge in [-0.1, -0.05) is 50.0 Å². The standard InChI is InChI=1S/C15H22N2OSi/c1-19(2,3)10-9-18-13-17-11-15(16-12-17)14-7-5-4-6-8-14/h4-8,11-12H,9-10,13H2,1-3H3. The van der Waals surface area contributed by atoms with E-state index in [1.165, 1.54) is 6.04 Å². The molecule has 0 saturated carbocycles. The minimum absolute atomic E-state index is 0.588. The van der Waals surface area contributed by atoms with E-state index < -0.39 is 8.07 Å². The summed E-state index contributed by atoms with van der Waals surface area (Å²) in [5.41, 5.74) is 2.14. The number of ether oxygens (including phenoxy) is 1. The normalized spacial score (nSPS) is 11.7. The highest BCUT2D eigenvalue weighted by molar-refractivity contribution is 6.76. The third-order valence-corrected chi connectivity index (χ3v) is 4.64. The van der Waals surface area contributed by atoms with E-state index in [0.29, 0.717) is 6.73 Å². The zero-order valence-electron chi connectivity index (χ0n) is 12.0. The second-order valence-corrected chi connectivity index (χ2v) is 11.6. The molecule has 0 spiro atoms. The summed E-state index contributed by atoms with van der Waals surface area (Å²) in [6.45, 7) is 8.52. The first-order valence-corrected chi connectivity index (χ1v) is 10.4. The van der Waals surface area contributed by atoms with Crippen LogP contribution >= 0.6 is 0 Å². The summed E-state index contributed by atoms with van der Waals surface area (Å²) in [6.07, 6.45) is 3.86. The average molecular weight is 274 g/mol. The van der Waals surface area contributed by atoms with Gasteiger partial charge in [0.05, 0.1) is 12.0 Å². The van der Waals surface area contributed by atoms with Gasteiger partial charge in [0.1, 0.15) is 6.73 Å². The average Bonchev–Trinajstić information content (AvgIpc) is 2.83. The van der Waals surface area contributed by atoms with Gasteiger partial charge in [-0.15, -0.1) is 0 Å². The largest absolute Gasteiger partial charge is 0.361 e. The van der Waals surface area contributed by atoms with E-state index in [1.807, 2.05) is 35.3 Å². The number of nitrogens with zero attached hydrogens (tertiary/aromatic N) is 2. The van der Waals surface area contributed by atoms with Crippen LogP contribution in [0.4, 0.5) is 0 Å². The van der Waals surface area contributed by atoms with Gasteiger partial charge in [-0.2, -0.15) is 0 Å². The van der Waals surface area contributed by atoms with Gasteiger partial charge in [-0.3, -0.25) is 0 Å². The molecule has 0 saturated heterocycles. The Morgan fingerprint density at radius 3 is 2.58 bits per heavy atom. The van der Waals surface area contributed by atoms with Crippen LogP contribution in [0.25, 0.3) is 11.3 Å². The van der Waals surface area contributed by atoms with Crippen molar-refractivity contribution in [2.45, 2.75) is 32.4 Å². The fraction of sp³-hybridized carbons (Fsp3) is 0.400. The van der Waals surface area contributed by atoms with E-state index in [2.05, 4.69) is 36.8 Å². The lowest BCUT2D eigenvalue weighted by molar-refractivity contribution is 0.0872. The third-order valence-electron chi connectivity index (χ3n) is 2.94. The van der Waals surface area contributed by atoms with Crippen LogP contribution in [0.2, 0.25) is 25.7 Å². The number of hydrogen-bond acceptors (Lipinski definition) is 2. The molecule has 0 bridgehead atoms. The monoisotopic (exact) mass is 274 g/mol. The highest BCUT2D eigenvalue weighted by Crippen LogP contribution is 2.16. The molecule has 4 heteroatoms. The Morgan fingerprint density at radius 2 is 1.89 bits per heavy atom. The third kappa shape index (κ3) is 4.65. The molecule has 0 amide bonds. The molecule has 0 aliphatic heterocycles. The molecule has 2 rings (SSSR count). The molecule has 102 valence electrons. The highest BCUT2D eigenvalue weighted by Gasteiger charge is 2.12. The van der Waals surface area contributed by atoms with Crippen molar-refractivity contribution in [1.29, 1.82) is 0 Å². The van der Waals surface area contributed by atoms with Crippen molar-refractivity contribution < 1.29 is 4.74 Å². The van der Waals surface area contributed by atoms with Gasteiger partial charge in [-0.05, 0) is 6.04 Å². The molecule has 0 aliphatic carbocycles. The van der Waals surface area contributed by atoms with Crippen LogP contribution in [-0.4, -0.2) is 24.2 Å². The second-order valence-electron chi connectivity index (χ2n) is 5.99. The maximum atomic E-state index is 5.70. The van der Waals surface area contributed by atoms with Crippen LogP contribution in [0.15, 0.2) is 42.9 Å². The number of benzene rings is 1. The minimum Gasteiger partial charge on any atom is -0.361 e. The summed E-state index contributed by atoms with van der Waals surface area (Å²) in [5.74, 6) is 0. The molecule has 0 atom stereocenters. The Hall–Kier alpha value is -1.39. The maximum Gasteiger partial charge on any atom is 0.123 e. The van der Waals surface area contributed by atoms with Gasteiger partial charge >= 0.3 is 0 Å². The van der Waals surface area contributed by atoms with E-state index in [0.717, 1.165) is 17.9 Å². The lowest BCUT2D eigenvalue weighted by atomic mass is 10.2. The van der Waals surface area contributed by atoms with Crippen LogP contribution in [0.1, 0.15) is 0 Å². The van der Waals surface area contributed by atoms with Crippen molar-refractivity contribution in [2.75, 3.05) is 6.61 Å². The van der Waals surface area contributed by atoms with Gasteiger partial charge < -0.3 is 9.30 Å². The Balaban J connectivity index is 1.85. The van der Waals surface area contributed by atoms with E-state index >= 15 is 0 Å². The highest BCUT2D eigenvalue weighted by atomic mass is 28.3. The van der Waals surface area contributed by atoms with E-state index in [9.17, 15) is 0 Å². The van der Waals surface area contributed by atoms with Crippen molar-refractivity contribution in [3.8, 4) is 11.3 Å². The van der Waals surface area contributed by atoms with Crippen molar-refractivity contribution in [1.82, 2.24) is 9.55 Å². The number of aromatic nitrogens is 2. The SMILES string of the molecule is C[Si](C)(C)CCOCn1cnc(-c2ccccc2)c1. The molecule has 2 aromatic rings. The van der Waals surface area contributed by atoms with Crippen molar-refractivity contribution >= 4 is 8.07 Å². The van der Waals surface area contributed by atoms with Crippen LogP contribution in [-0.2, 0) is 11.5 Å². The van der Waals surface area contributed by atoms with E-state index in [4.69, 9.17) is 4.74 Å². The van der Waals surface area contributed by atoms with Crippen LogP contribution in [0.5, 0.6) is 0 Å². The summed E-state index contributed by atoms with van der Waals surface area (Å²) in [6, 6.07) is 11.4. The molecule has 0 aliphatic rings. The van der Waals surface area contributed by atoms with Crippen molar-refractivity contribution in [2.24, 2.45) is 0 Å². The predicted molar refractivity (Wildman–Crippen MR) is 81.8 cm³/mol. The molecule has 19 heavy (non-hydrogen) atoms. The quantitative estimate of drug-likeness (QED) is 0.591. The first kappa shape index (κ1) is 14.0. The van der Waals surface area contributed by atoms with Crippen LogP contribution < -0.4 is 0 Å². The summed E-state index contributed by atoms with van der Waals surface area (Å²) >= 11 is 0. The lowest BCUT2D eigenvalue weighted by Gasteiger charge is -2.15. The van der Waals surface area contributed by atoms with Gasteiger partial charge in [0.2, 0.25) is 0 Å². The lowest BCUT2D eigenvalue weighted by Crippen LogP contribution is -2.21. The Bertz CT molecular complexity index is 502.